The number of anilines is 2. The molecule has 0 fully saturated rings. The van der Waals surface area contributed by atoms with Crippen molar-refractivity contribution in [2.45, 2.75) is 34.6 Å². The van der Waals surface area contributed by atoms with E-state index in [9.17, 15) is 14.9 Å². The molecule has 0 aromatic heterocycles. The van der Waals surface area contributed by atoms with Gasteiger partial charge in [-0.15, -0.1) is 0 Å². The summed E-state index contributed by atoms with van der Waals surface area (Å²) in [6.45, 7) is 9.74. The van der Waals surface area contributed by atoms with Gasteiger partial charge < -0.3 is 20.1 Å². The number of hydrogen-bond acceptors (Lipinski definition) is 5. The van der Waals surface area contributed by atoms with Gasteiger partial charge in [0.25, 0.3) is 11.8 Å². The number of carbonyl (C=O) groups is 2. The number of nitrogens with zero attached hydrogens (tertiary/aromatic N) is 1. The van der Waals surface area contributed by atoms with E-state index in [0.717, 1.165) is 26.7 Å². The lowest BCUT2D eigenvalue weighted by Crippen LogP contribution is -2.21. The van der Waals surface area contributed by atoms with E-state index < -0.39 is 5.91 Å². The highest BCUT2D eigenvalue weighted by Crippen LogP contribution is 2.38. The van der Waals surface area contributed by atoms with Gasteiger partial charge in [-0.2, -0.15) is 5.26 Å². The molecular formula is C30H29Br2N3O4. The number of rotatable bonds is 9. The van der Waals surface area contributed by atoms with Crippen LogP contribution in [0.15, 0.2) is 57.0 Å². The summed E-state index contributed by atoms with van der Waals surface area (Å²) in [5.41, 5.74) is 5.90. The second-order valence-corrected chi connectivity index (χ2v) is 10.6. The summed E-state index contributed by atoms with van der Waals surface area (Å²) in [6.07, 6.45) is 1.47. The Balaban J connectivity index is 1.80. The normalized spacial score (nSPS) is 11.0. The molecule has 0 radical (unpaired) electrons. The molecule has 0 saturated carbocycles. The fraction of sp³-hybridized carbons (Fsp3) is 0.233. The Morgan fingerprint density at radius 3 is 2.33 bits per heavy atom. The van der Waals surface area contributed by atoms with Crippen molar-refractivity contribution in [3.05, 3.63) is 84.8 Å². The third-order valence-electron chi connectivity index (χ3n) is 6.07. The molecule has 7 nitrogen and oxygen atoms in total. The number of hydrogen-bond donors (Lipinski definition) is 2. The van der Waals surface area contributed by atoms with Gasteiger partial charge in [0, 0.05) is 10.2 Å². The first kappa shape index (κ1) is 29.9. The minimum Gasteiger partial charge on any atom is -0.490 e. The van der Waals surface area contributed by atoms with Crippen LogP contribution >= 0.6 is 31.9 Å². The first-order valence-electron chi connectivity index (χ1n) is 12.2. The maximum Gasteiger partial charge on any atom is 0.266 e. The molecule has 0 aliphatic heterocycles. The van der Waals surface area contributed by atoms with Crippen molar-refractivity contribution in [3.63, 3.8) is 0 Å². The lowest BCUT2D eigenvalue weighted by molar-refractivity contribution is -0.118. The minimum atomic E-state index is -0.519. The molecule has 0 atom stereocenters. The Bertz CT molecular complexity index is 1490. The maximum absolute atomic E-state index is 12.8. The molecule has 2 amide bonds. The van der Waals surface area contributed by atoms with Crippen LogP contribution in [0.1, 0.15) is 34.7 Å². The van der Waals surface area contributed by atoms with E-state index in [1.54, 1.807) is 18.2 Å². The predicted molar refractivity (Wildman–Crippen MR) is 161 cm³/mol. The molecule has 0 bridgehead atoms. The Morgan fingerprint density at radius 1 is 0.923 bits per heavy atom. The lowest BCUT2D eigenvalue weighted by Gasteiger charge is -2.15. The standard InChI is InChI=1S/C30H29Br2N3O4/c1-6-38-27-14-21(12-22(15-33)30(37)35-25-9-7-8-17(2)20(25)5)13-24(32)29(27)39-16-28(36)34-26-11-19(4)18(3)10-23(26)31/h7-14H,6,16H2,1-5H3,(H,34,36)(H,35,37)/b22-12-. The predicted octanol–water partition coefficient (Wildman–Crippen LogP) is 7.41. The molecule has 0 aliphatic carbocycles. The molecule has 0 unspecified atom stereocenters. The van der Waals surface area contributed by atoms with E-state index in [0.29, 0.717) is 39.5 Å². The smallest absolute Gasteiger partial charge is 0.266 e. The zero-order chi connectivity index (χ0) is 28.7. The van der Waals surface area contributed by atoms with Crippen molar-refractivity contribution >= 4 is 61.1 Å². The number of amides is 2. The van der Waals surface area contributed by atoms with Gasteiger partial charge in [0.05, 0.1) is 16.8 Å². The molecule has 39 heavy (non-hydrogen) atoms. The van der Waals surface area contributed by atoms with Gasteiger partial charge in [-0.25, -0.2) is 0 Å². The Kier molecular flexibility index (Phi) is 10.3. The third kappa shape index (κ3) is 7.71. The molecular weight excluding hydrogens is 626 g/mol. The van der Waals surface area contributed by atoms with E-state index in [-0.39, 0.29) is 18.1 Å². The SMILES string of the molecule is CCOc1cc(/C=C(/C#N)C(=O)Nc2cccc(C)c2C)cc(Br)c1OCC(=O)Nc1cc(C)c(C)cc1Br. The fourth-order valence-corrected chi connectivity index (χ4v) is 4.80. The summed E-state index contributed by atoms with van der Waals surface area (Å²) < 4.78 is 12.9. The number of nitriles is 1. The van der Waals surface area contributed by atoms with E-state index in [1.807, 2.05) is 65.0 Å². The summed E-state index contributed by atoms with van der Waals surface area (Å²) in [4.78, 5) is 25.5. The van der Waals surface area contributed by atoms with E-state index >= 15 is 0 Å². The molecule has 0 spiro atoms. The number of nitrogens with one attached hydrogen (secondary N) is 2. The third-order valence-corrected chi connectivity index (χ3v) is 7.31. The highest BCUT2D eigenvalue weighted by atomic mass is 79.9. The van der Waals surface area contributed by atoms with Gasteiger partial charge in [-0.3, -0.25) is 9.59 Å². The quantitative estimate of drug-likeness (QED) is 0.185. The minimum absolute atomic E-state index is 0.0720. The van der Waals surface area contributed by atoms with Crippen molar-refractivity contribution in [3.8, 4) is 17.6 Å². The largest absolute Gasteiger partial charge is 0.490 e. The number of ether oxygens (including phenoxy) is 2. The Labute approximate surface area is 245 Å². The van der Waals surface area contributed by atoms with E-state index in [4.69, 9.17) is 9.47 Å². The number of benzene rings is 3. The molecule has 3 aromatic carbocycles. The summed E-state index contributed by atoms with van der Waals surface area (Å²) in [5, 5.41) is 15.3. The van der Waals surface area contributed by atoms with Crippen molar-refractivity contribution in [1.82, 2.24) is 0 Å². The molecule has 0 saturated heterocycles. The van der Waals surface area contributed by atoms with Crippen LogP contribution in [0.5, 0.6) is 11.5 Å². The monoisotopic (exact) mass is 653 g/mol. The summed E-state index contributed by atoms with van der Waals surface area (Å²) in [6, 6.07) is 14.7. The highest BCUT2D eigenvalue weighted by molar-refractivity contribution is 9.11. The molecule has 0 heterocycles. The molecule has 202 valence electrons. The average molecular weight is 655 g/mol. The van der Waals surface area contributed by atoms with Gasteiger partial charge in [-0.05, 0) is 131 Å². The lowest BCUT2D eigenvalue weighted by atomic mass is 10.1. The van der Waals surface area contributed by atoms with Crippen LogP contribution in [0.2, 0.25) is 0 Å². The molecule has 9 heteroatoms. The number of aryl methyl sites for hydroxylation is 3. The van der Waals surface area contributed by atoms with Crippen LogP contribution < -0.4 is 20.1 Å². The highest BCUT2D eigenvalue weighted by Gasteiger charge is 2.17. The zero-order valence-corrected chi connectivity index (χ0v) is 25.5. The van der Waals surface area contributed by atoms with E-state index in [2.05, 4.69) is 42.5 Å². The van der Waals surface area contributed by atoms with Crippen LogP contribution in [0, 0.1) is 39.0 Å². The van der Waals surface area contributed by atoms with Crippen LogP contribution in [0.25, 0.3) is 6.08 Å². The van der Waals surface area contributed by atoms with Gasteiger partial charge in [0.15, 0.2) is 18.1 Å². The maximum atomic E-state index is 12.8. The molecule has 3 aromatic rings. The summed E-state index contributed by atoms with van der Waals surface area (Å²) in [7, 11) is 0. The second kappa shape index (κ2) is 13.5. The fourth-order valence-electron chi connectivity index (χ4n) is 3.67. The van der Waals surface area contributed by atoms with Crippen molar-refractivity contribution in [1.29, 1.82) is 5.26 Å². The van der Waals surface area contributed by atoms with E-state index in [1.165, 1.54) is 6.08 Å². The number of carbonyl (C=O) groups excluding carboxylic acids is 2. The molecule has 0 aliphatic rings. The first-order valence-corrected chi connectivity index (χ1v) is 13.8. The summed E-state index contributed by atoms with van der Waals surface area (Å²) >= 11 is 6.96. The van der Waals surface area contributed by atoms with Crippen LogP contribution in [0.3, 0.4) is 0 Å². The molecule has 2 N–H and O–H groups in total. The summed E-state index contributed by atoms with van der Waals surface area (Å²) in [5.74, 6) is -0.158. The topological polar surface area (TPSA) is 100 Å². The Morgan fingerprint density at radius 2 is 1.64 bits per heavy atom. The van der Waals surface area contributed by atoms with Gasteiger partial charge in [0.1, 0.15) is 11.6 Å². The van der Waals surface area contributed by atoms with Gasteiger partial charge in [-0.1, -0.05) is 12.1 Å². The Hall–Kier alpha value is -3.61. The van der Waals surface area contributed by atoms with Crippen molar-refractivity contribution in [2.24, 2.45) is 0 Å². The van der Waals surface area contributed by atoms with Crippen LogP contribution in [-0.4, -0.2) is 25.0 Å². The number of halogens is 2. The molecule has 3 rings (SSSR count). The van der Waals surface area contributed by atoms with Gasteiger partial charge >= 0.3 is 0 Å². The van der Waals surface area contributed by atoms with Crippen molar-refractivity contribution in [2.75, 3.05) is 23.8 Å². The average Bonchev–Trinajstić information content (AvgIpc) is 2.88. The zero-order valence-electron chi connectivity index (χ0n) is 22.4. The van der Waals surface area contributed by atoms with Crippen molar-refractivity contribution < 1.29 is 19.1 Å². The second-order valence-electron chi connectivity index (χ2n) is 8.89. The van der Waals surface area contributed by atoms with Crippen LogP contribution in [0.4, 0.5) is 11.4 Å². The van der Waals surface area contributed by atoms with Crippen LogP contribution in [-0.2, 0) is 9.59 Å². The first-order chi connectivity index (χ1) is 18.5. The van der Waals surface area contributed by atoms with Gasteiger partial charge in [0.2, 0.25) is 0 Å².